The van der Waals surface area contributed by atoms with Crippen molar-refractivity contribution in [2.75, 3.05) is 11.5 Å². The van der Waals surface area contributed by atoms with Gasteiger partial charge >= 0.3 is 6.09 Å². The molecule has 0 aromatic rings. The van der Waals surface area contributed by atoms with Crippen LogP contribution < -0.4 is 0 Å². The number of rotatable bonds is 0. The summed E-state index contributed by atoms with van der Waals surface area (Å²) in [5.74, 6) is 1.63. The summed E-state index contributed by atoms with van der Waals surface area (Å²) in [6.07, 6.45) is 1.07. The monoisotopic (exact) mass is 247 g/mol. The van der Waals surface area contributed by atoms with Gasteiger partial charge in [-0.3, -0.25) is 0 Å². The van der Waals surface area contributed by atoms with Crippen molar-refractivity contribution >= 4 is 15.8 Å². The zero-order valence-electron chi connectivity index (χ0n) is 10.5. The Kier molecular flexibility index (Phi) is 3.99. The molecule has 1 fully saturated rings. The Morgan fingerprint density at radius 3 is 2.25 bits per heavy atom. The van der Waals surface area contributed by atoms with E-state index in [-0.39, 0.29) is 0 Å². The molecule has 0 spiro atoms. The number of carbonyl (C=O) groups is 1. The van der Waals surface area contributed by atoms with Gasteiger partial charge in [0.1, 0.15) is 5.60 Å². The molecule has 0 N–H and O–H groups in total. The first-order valence-electron chi connectivity index (χ1n) is 5.66. The van der Waals surface area contributed by atoms with E-state index < -0.39 is 21.4 Å². The van der Waals surface area contributed by atoms with E-state index in [1.54, 1.807) is 20.8 Å². The molecule has 1 aliphatic heterocycles. The summed E-state index contributed by atoms with van der Waals surface area (Å²) >= 11 is 0. The Hall–Kier alpha value is -0.580. The molecule has 1 rings (SSSR count). The van der Waals surface area contributed by atoms with Gasteiger partial charge in [0, 0.05) is 11.5 Å². The highest BCUT2D eigenvalue weighted by Crippen LogP contribution is 2.20. The summed E-state index contributed by atoms with van der Waals surface area (Å²) in [7, 11) is -2.34. The van der Waals surface area contributed by atoms with Crippen molar-refractivity contribution < 1.29 is 13.7 Å². The molecule has 0 radical (unpaired) electrons. The molecule has 1 aliphatic rings. The minimum atomic E-state index is -2.34. The van der Waals surface area contributed by atoms with Crippen LogP contribution in [0.15, 0.2) is 4.36 Å². The Labute approximate surface area is 97.9 Å². The number of hydrogen-bond donors (Lipinski definition) is 0. The van der Waals surface area contributed by atoms with Crippen LogP contribution >= 0.6 is 0 Å². The molecule has 0 bridgehead atoms. The molecule has 0 aliphatic carbocycles. The fraction of sp³-hybridized carbons (Fsp3) is 0.909. The quantitative estimate of drug-likeness (QED) is 0.661. The van der Waals surface area contributed by atoms with E-state index in [0.717, 1.165) is 12.8 Å². The molecule has 1 heterocycles. The molecule has 0 saturated carbocycles. The van der Waals surface area contributed by atoms with Crippen molar-refractivity contribution in [3.05, 3.63) is 0 Å². The molecule has 16 heavy (non-hydrogen) atoms. The van der Waals surface area contributed by atoms with Crippen LogP contribution in [0.5, 0.6) is 0 Å². The summed E-state index contributed by atoms with van der Waals surface area (Å²) in [6.45, 7) is 7.45. The second kappa shape index (κ2) is 4.73. The van der Waals surface area contributed by atoms with Crippen LogP contribution in [0.25, 0.3) is 0 Å². The van der Waals surface area contributed by atoms with Gasteiger partial charge in [0.15, 0.2) is 0 Å². The highest BCUT2D eigenvalue weighted by Gasteiger charge is 2.23. The van der Waals surface area contributed by atoms with Crippen LogP contribution in [0, 0.1) is 5.92 Å². The SMILES string of the molecule is CC1CCS(=O)(=NC(=O)OC(C)(C)C)CC1. The average molecular weight is 247 g/mol. The van der Waals surface area contributed by atoms with Gasteiger partial charge < -0.3 is 4.74 Å². The lowest BCUT2D eigenvalue weighted by Gasteiger charge is -2.22. The first kappa shape index (κ1) is 13.5. The lowest BCUT2D eigenvalue weighted by Crippen LogP contribution is -2.26. The van der Waals surface area contributed by atoms with Crippen molar-refractivity contribution in [2.24, 2.45) is 10.3 Å². The maximum Gasteiger partial charge on any atom is 0.442 e. The van der Waals surface area contributed by atoms with E-state index in [9.17, 15) is 9.00 Å². The predicted molar refractivity (Wildman–Crippen MR) is 64.9 cm³/mol. The van der Waals surface area contributed by atoms with Gasteiger partial charge in [-0.25, -0.2) is 9.00 Å². The topological polar surface area (TPSA) is 55.7 Å². The van der Waals surface area contributed by atoms with E-state index in [2.05, 4.69) is 11.3 Å². The van der Waals surface area contributed by atoms with Crippen LogP contribution in [0.3, 0.4) is 0 Å². The molecule has 4 nitrogen and oxygen atoms in total. The summed E-state index contributed by atoms with van der Waals surface area (Å²) in [6, 6.07) is 0. The van der Waals surface area contributed by atoms with Crippen molar-refractivity contribution in [3.8, 4) is 0 Å². The second-order valence-corrected chi connectivity index (χ2v) is 7.98. The van der Waals surface area contributed by atoms with Crippen molar-refractivity contribution in [1.29, 1.82) is 0 Å². The number of ether oxygens (including phenoxy) is 1. The van der Waals surface area contributed by atoms with Gasteiger partial charge in [-0.05, 0) is 39.5 Å². The number of carbonyl (C=O) groups excluding carboxylic acids is 1. The van der Waals surface area contributed by atoms with Gasteiger partial charge in [-0.2, -0.15) is 0 Å². The van der Waals surface area contributed by atoms with Gasteiger partial charge in [0.2, 0.25) is 0 Å². The Bertz CT molecular complexity index is 361. The second-order valence-electron chi connectivity index (χ2n) is 5.43. The van der Waals surface area contributed by atoms with Crippen LogP contribution in [0.1, 0.15) is 40.5 Å². The summed E-state index contributed by atoms with van der Waals surface area (Å²) in [5, 5.41) is 0. The number of amides is 1. The van der Waals surface area contributed by atoms with Crippen LogP contribution in [0.2, 0.25) is 0 Å². The molecular weight excluding hydrogens is 226 g/mol. The van der Waals surface area contributed by atoms with E-state index >= 15 is 0 Å². The van der Waals surface area contributed by atoms with E-state index in [1.807, 2.05) is 0 Å². The third kappa shape index (κ3) is 4.51. The average Bonchev–Trinajstić information content (AvgIpc) is 2.07. The molecule has 5 heteroatoms. The zero-order valence-corrected chi connectivity index (χ0v) is 11.3. The number of nitrogens with zero attached hydrogens (tertiary/aromatic N) is 1. The van der Waals surface area contributed by atoms with Gasteiger partial charge in [-0.1, -0.05) is 6.92 Å². The minimum absolute atomic E-state index is 0.521. The zero-order chi connectivity index (χ0) is 12.4. The first-order valence-corrected chi connectivity index (χ1v) is 7.51. The lowest BCUT2D eigenvalue weighted by atomic mass is 10.1. The molecule has 1 amide bonds. The molecule has 0 aromatic carbocycles. The Morgan fingerprint density at radius 2 is 1.81 bits per heavy atom. The lowest BCUT2D eigenvalue weighted by molar-refractivity contribution is 0.0607. The molecule has 1 saturated heterocycles. The predicted octanol–water partition coefficient (Wildman–Crippen LogP) is 2.82. The Morgan fingerprint density at radius 1 is 1.31 bits per heavy atom. The third-order valence-corrected chi connectivity index (χ3v) is 4.72. The largest absolute Gasteiger partial charge is 0.442 e. The summed E-state index contributed by atoms with van der Waals surface area (Å²) in [5.41, 5.74) is -0.571. The molecular formula is C11H21NO3S. The van der Waals surface area contributed by atoms with Crippen LogP contribution in [-0.2, 0) is 14.5 Å². The highest BCUT2D eigenvalue weighted by atomic mass is 32.2. The number of hydrogen-bond acceptors (Lipinski definition) is 3. The minimum Gasteiger partial charge on any atom is -0.442 e. The van der Waals surface area contributed by atoms with Gasteiger partial charge in [0.25, 0.3) is 0 Å². The standard InChI is InChI=1S/C11H21NO3S/c1-9-5-7-16(14,8-6-9)12-10(13)15-11(2,3)4/h9H,5-8H2,1-4H3. The fourth-order valence-corrected chi connectivity index (χ4v) is 3.76. The van der Waals surface area contributed by atoms with Crippen LogP contribution in [-0.4, -0.2) is 27.4 Å². The van der Waals surface area contributed by atoms with E-state index in [1.165, 1.54) is 0 Å². The van der Waals surface area contributed by atoms with Crippen molar-refractivity contribution in [3.63, 3.8) is 0 Å². The van der Waals surface area contributed by atoms with Crippen molar-refractivity contribution in [1.82, 2.24) is 0 Å². The van der Waals surface area contributed by atoms with Crippen molar-refractivity contribution in [2.45, 2.75) is 46.1 Å². The summed E-state index contributed by atoms with van der Waals surface area (Å²) < 4.78 is 21.0. The molecule has 94 valence electrons. The van der Waals surface area contributed by atoms with E-state index in [0.29, 0.717) is 17.4 Å². The highest BCUT2D eigenvalue weighted by molar-refractivity contribution is 7.93. The van der Waals surface area contributed by atoms with Gasteiger partial charge in [-0.15, -0.1) is 4.36 Å². The van der Waals surface area contributed by atoms with Gasteiger partial charge in [0.05, 0.1) is 9.73 Å². The van der Waals surface area contributed by atoms with E-state index in [4.69, 9.17) is 4.74 Å². The molecule has 0 atom stereocenters. The molecule has 0 aromatic heterocycles. The maximum absolute atomic E-state index is 12.2. The summed E-state index contributed by atoms with van der Waals surface area (Å²) in [4.78, 5) is 11.4. The Balaban J connectivity index is 2.69. The maximum atomic E-state index is 12.2. The normalized spacial score (nSPS) is 30.9. The molecule has 0 unspecified atom stereocenters. The smallest absolute Gasteiger partial charge is 0.442 e. The third-order valence-electron chi connectivity index (χ3n) is 2.49. The van der Waals surface area contributed by atoms with Crippen LogP contribution in [0.4, 0.5) is 4.79 Å². The first-order chi connectivity index (χ1) is 7.20. The fourth-order valence-electron chi connectivity index (χ4n) is 1.52.